The number of aliphatic hydroxyl groups excluding tert-OH is 1. The molecule has 1 rings (SSSR count). The van der Waals surface area contributed by atoms with E-state index in [0.717, 1.165) is 11.8 Å². The second-order valence-corrected chi connectivity index (χ2v) is 8.98. The number of carbonyl (C=O) groups excluding carboxylic acids is 5. The number of primary amides is 1. The summed E-state index contributed by atoms with van der Waals surface area (Å²) >= 11 is 4.94. The largest absolute Gasteiger partial charge is 0.480 e. The highest BCUT2D eigenvalue weighted by molar-refractivity contribution is 8.00. The van der Waals surface area contributed by atoms with Gasteiger partial charge in [-0.2, -0.15) is 12.6 Å². The van der Waals surface area contributed by atoms with E-state index in [1.54, 1.807) is 0 Å². The van der Waals surface area contributed by atoms with Crippen molar-refractivity contribution >= 4 is 59.9 Å². The van der Waals surface area contributed by atoms with Crippen molar-refractivity contribution in [3.8, 4) is 0 Å². The van der Waals surface area contributed by atoms with Crippen LogP contribution in [0.2, 0.25) is 0 Å². The second-order valence-electron chi connectivity index (χ2n) is 7.44. The van der Waals surface area contributed by atoms with Crippen molar-refractivity contribution < 1.29 is 39.0 Å². The lowest BCUT2D eigenvalue weighted by Crippen LogP contribution is -2.60. The second kappa shape index (κ2) is 14.0. The fourth-order valence-corrected chi connectivity index (χ4v) is 4.60. The summed E-state index contributed by atoms with van der Waals surface area (Å²) in [6.07, 6.45) is -0.584. The van der Waals surface area contributed by atoms with E-state index in [9.17, 15) is 39.0 Å². The molecule has 6 atom stereocenters. The van der Waals surface area contributed by atoms with Crippen molar-refractivity contribution in [3.05, 3.63) is 0 Å². The molecule has 4 unspecified atom stereocenters. The standard InChI is InChI=1S/C18H30N6O8S2/c1-7-14(27)22-8(3-12(19)26)15(28)24-10(5-33)13(18(31)32)34-6-11(20-2)17(30)23-9(4-25)16(29)21-7/h7-11,13,20,25,33H,3-6H2,1-2H3,(H2,19,26)(H,21,29)(H,22,27)(H,23,30)(H,24,28)(H,31,32)/t7-,8?,9?,10?,11-,13?/m0/s1. The molecule has 1 fully saturated rings. The summed E-state index contributed by atoms with van der Waals surface area (Å²) in [6, 6.07) is -6.07. The number of thiol groups is 1. The molecule has 0 bridgehead atoms. The number of carbonyl (C=O) groups is 6. The maximum atomic E-state index is 12.8. The van der Waals surface area contributed by atoms with Crippen molar-refractivity contribution in [2.24, 2.45) is 5.73 Å². The molecule has 0 aromatic heterocycles. The van der Waals surface area contributed by atoms with Crippen LogP contribution in [0.1, 0.15) is 13.3 Å². The van der Waals surface area contributed by atoms with E-state index >= 15 is 0 Å². The highest BCUT2D eigenvalue weighted by Crippen LogP contribution is 2.18. The van der Waals surface area contributed by atoms with Gasteiger partial charge in [0.2, 0.25) is 29.5 Å². The molecule has 16 heteroatoms. The zero-order valence-electron chi connectivity index (χ0n) is 18.6. The number of nitrogens with one attached hydrogen (secondary N) is 5. The first kappa shape index (κ1) is 29.5. The van der Waals surface area contributed by atoms with Crippen molar-refractivity contribution in [3.63, 3.8) is 0 Å². The van der Waals surface area contributed by atoms with Gasteiger partial charge in [-0.15, -0.1) is 11.8 Å². The van der Waals surface area contributed by atoms with E-state index < -0.39 is 84.0 Å². The van der Waals surface area contributed by atoms with Crippen LogP contribution in [0.25, 0.3) is 0 Å². The average molecular weight is 523 g/mol. The number of nitrogens with two attached hydrogens (primary N) is 1. The highest BCUT2D eigenvalue weighted by Gasteiger charge is 2.35. The number of amides is 5. The summed E-state index contributed by atoms with van der Waals surface area (Å²) in [6.45, 7) is 0.511. The van der Waals surface area contributed by atoms with Crippen molar-refractivity contribution in [2.45, 2.75) is 48.8 Å². The first-order valence-electron chi connectivity index (χ1n) is 10.2. The normalized spacial score (nSPS) is 29.9. The quantitative estimate of drug-likeness (QED) is 0.152. The third-order valence-electron chi connectivity index (χ3n) is 4.85. The number of likely N-dealkylation sites (N-methyl/N-ethyl adjacent to an activating group) is 1. The first-order valence-corrected chi connectivity index (χ1v) is 11.9. The van der Waals surface area contributed by atoms with Crippen LogP contribution in [0, 0.1) is 0 Å². The van der Waals surface area contributed by atoms with E-state index in [0.29, 0.717) is 0 Å². The lowest BCUT2D eigenvalue weighted by molar-refractivity contribution is -0.138. The summed E-state index contributed by atoms with van der Waals surface area (Å²) in [4.78, 5) is 73.7. The Kier molecular flexibility index (Phi) is 12.1. The minimum Gasteiger partial charge on any atom is -0.480 e. The molecule has 1 heterocycles. The smallest absolute Gasteiger partial charge is 0.318 e. The monoisotopic (exact) mass is 522 g/mol. The molecule has 0 radical (unpaired) electrons. The van der Waals surface area contributed by atoms with Gasteiger partial charge in [0.05, 0.1) is 25.1 Å². The van der Waals surface area contributed by atoms with Crippen LogP contribution in [-0.4, -0.2) is 106 Å². The SMILES string of the molecule is CN[C@H]1CSC(C(=O)O)C(CS)NC(=O)C(CC(N)=O)NC(=O)[C@H](C)NC(=O)C(CO)NC1=O. The van der Waals surface area contributed by atoms with Crippen molar-refractivity contribution in [1.82, 2.24) is 26.6 Å². The van der Waals surface area contributed by atoms with Gasteiger partial charge in [0, 0.05) is 11.5 Å². The molecule has 9 N–H and O–H groups in total. The van der Waals surface area contributed by atoms with Gasteiger partial charge in [0.15, 0.2) is 0 Å². The predicted molar refractivity (Wildman–Crippen MR) is 125 cm³/mol. The van der Waals surface area contributed by atoms with Crippen LogP contribution in [0.15, 0.2) is 0 Å². The van der Waals surface area contributed by atoms with E-state index in [4.69, 9.17) is 5.73 Å². The van der Waals surface area contributed by atoms with Crippen LogP contribution < -0.4 is 32.3 Å². The predicted octanol–water partition coefficient (Wildman–Crippen LogP) is -4.47. The molecule has 0 aromatic carbocycles. The number of hydrogen-bond acceptors (Lipinski definition) is 10. The minimum absolute atomic E-state index is 0.0724. The van der Waals surface area contributed by atoms with Gasteiger partial charge >= 0.3 is 5.97 Å². The lowest BCUT2D eigenvalue weighted by Gasteiger charge is -2.28. The fourth-order valence-electron chi connectivity index (χ4n) is 2.90. The third-order valence-corrected chi connectivity index (χ3v) is 6.65. The van der Waals surface area contributed by atoms with Gasteiger partial charge in [-0.05, 0) is 14.0 Å². The van der Waals surface area contributed by atoms with E-state index in [1.807, 2.05) is 0 Å². The van der Waals surface area contributed by atoms with Gasteiger partial charge in [-0.25, -0.2) is 0 Å². The maximum absolute atomic E-state index is 12.8. The zero-order chi connectivity index (χ0) is 26.0. The average Bonchev–Trinajstić information content (AvgIpc) is 2.76. The van der Waals surface area contributed by atoms with Crippen LogP contribution in [0.4, 0.5) is 0 Å². The summed E-state index contributed by atoms with van der Waals surface area (Å²) in [5.41, 5.74) is 5.18. The molecule has 0 spiro atoms. The molecular formula is C18H30N6O8S2. The Bertz CT molecular complexity index is 800. The first-order chi connectivity index (χ1) is 15.9. The van der Waals surface area contributed by atoms with E-state index in [-0.39, 0.29) is 11.5 Å². The number of carboxylic acid groups (broad SMARTS) is 1. The van der Waals surface area contributed by atoms with Crippen molar-refractivity contribution in [2.75, 3.05) is 25.2 Å². The Labute approximate surface area is 205 Å². The molecule has 34 heavy (non-hydrogen) atoms. The molecule has 192 valence electrons. The summed E-state index contributed by atoms with van der Waals surface area (Å²) in [5, 5.41) is 30.1. The van der Waals surface area contributed by atoms with E-state index in [2.05, 4.69) is 39.2 Å². The Morgan fingerprint density at radius 2 is 1.65 bits per heavy atom. The molecule has 1 aliphatic rings. The third kappa shape index (κ3) is 8.66. The molecule has 5 amide bonds. The summed E-state index contributed by atoms with van der Waals surface area (Å²) < 4.78 is 0. The van der Waals surface area contributed by atoms with Crippen LogP contribution >= 0.6 is 24.4 Å². The molecule has 0 saturated carbocycles. The molecular weight excluding hydrogens is 492 g/mol. The van der Waals surface area contributed by atoms with Gasteiger partial charge in [0.1, 0.15) is 23.4 Å². The van der Waals surface area contributed by atoms with Gasteiger partial charge in [0.25, 0.3) is 0 Å². The summed E-state index contributed by atoms with van der Waals surface area (Å²) in [7, 11) is 1.45. The number of aliphatic hydroxyl groups is 1. The number of aliphatic carboxylic acids is 1. The number of hydrogen-bond donors (Lipinski definition) is 9. The summed E-state index contributed by atoms with van der Waals surface area (Å²) in [5.74, 6) is -5.67. The maximum Gasteiger partial charge on any atom is 0.318 e. The Morgan fingerprint density at radius 3 is 2.15 bits per heavy atom. The number of carboxylic acids is 1. The Balaban J connectivity index is 3.35. The molecule has 1 saturated heterocycles. The molecule has 0 aliphatic carbocycles. The van der Waals surface area contributed by atoms with Gasteiger partial charge in [-0.1, -0.05) is 0 Å². The van der Waals surface area contributed by atoms with Crippen molar-refractivity contribution in [1.29, 1.82) is 0 Å². The van der Waals surface area contributed by atoms with Crippen LogP contribution in [-0.2, 0) is 28.8 Å². The fraction of sp³-hybridized carbons (Fsp3) is 0.667. The molecule has 14 nitrogen and oxygen atoms in total. The Hall–Kier alpha value is -2.56. The zero-order valence-corrected chi connectivity index (χ0v) is 20.3. The lowest BCUT2D eigenvalue weighted by atomic mass is 10.1. The number of rotatable bonds is 6. The molecule has 1 aliphatic heterocycles. The van der Waals surface area contributed by atoms with E-state index in [1.165, 1.54) is 14.0 Å². The number of thioether (sulfide) groups is 1. The minimum atomic E-state index is -1.45. The van der Waals surface area contributed by atoms with Crippen LogP contribution in [0.5, 0.6) is 0 Å². The van der Waals surface area contributed by atoms with Gasteiger partial charge < -0.3 is 42.5 Å². The van der Waals surface area contributed by atoms with Crippen LogP contribution in [0.3, 0.4) is 0 Å². The Morgan fingerprint density at radius 1 is 1.06 bits per heavy atom. The van der Waals surface area contributed by atoms with Gasteiger partial charge in [-0.3, -0.25) is 28.8 Å². The highest BCUT2D eigenvalue weighted by atomic mass is 32.2. The molecule has 0 aromatic rings. The topological polar surface area (TPSA) is 229 Å².